The first-order chi connectivity index (χ1) is 67.1. The summed E-state index contributed by atoms with van der Waals surface area (Å²) in [6.45, 7) is 30.2. The zero-order chi connectivity index (χ0) is 92.8. The molecule has 0 nitrogen and oxygen atoms in total. The Balaban J connectivity index is 0.000000139. The summed E-state index contributed by atoms with van der Waals surface area (Å²) in [6.07, 6.45) is 0. The van der Waals surface area contributed by atoms with Gasteiger partial charge in [-0.15, -0.1) is 0 Å². The van der Waals surface area contributed by atoms with Crippen molar-refractivity contribution < 1.29 is 0 Å². The molecular formula is C139H106. The van der Waals surface area contributed by atoms with Crippen LogP contribution in [0, 0.1) is 0 Å². The lowest BCUT2D eigenvalue weighted by atomic mass is 9.71. The highest BCUT2D eigenvalue weighted by Gasteiger charge is 2.56. The molecule has 6 aliphatic rings. The van der Waals surface area contributed by atoms with Crippen molar-refractivity contribution in [3.63, 3.8) is 0 Å². The van der Waals surface area contributed by atoms with Gasteiger partial charge in [-0.05, 0) is 352 Å². The van der Waals surface area contributed by atoms with E-state index < -0.39 is 0 Å². The van der Waals surface area contributed by atoms with Crippen LogP contribution in [0.2, 0.25) is 0 Å². The van der Waals surface area contributed by atoms with E-state index in [0.29, 0.717) is 0 Å². The van der Waals surface area contributed by atoms with E-state index >= 15 is 0 Å². The molecule has 0 bridgehead atoms. The second kappa shape index (κ2) is 29.2. The van der Waals surface area contributed by atoms with Crippen molar-refractivity contribution in [2.24, 2.45) is 0 Å². The van der Waals surface area contributed by atoms with E-state index in [1.807, 2.05) is 0 Å². The average Bonchev–Trinajstić information content (AvgIpc) is 1.49. The smallest absolute Gasteiger partial charge is 0.0165 e. The lowest BCUT2D eigenvalue weighted by Gasteiger charge is -2.31. The van der Waals surface area contributed by atoms with Gasteiger partial charge in [-0.25, -0.2) is 0 Å². The largest absolute Gasteiger partial charge is 0.0776 e. The maximum atomic E-state index is 2.62. The third-order valence-corrected chi connectivity index (χ3v) is 34.1. The molecule has 0 N–H and O–H groups in total. The molecule has 0 aromatic heterocycles. The van der Waals surface area contributed by atoms with Gasteiger partial charge in [0.1, 0.15) is 0 Å². The summed E-state index contributed by atoms with van der Waals surface area (Å²) in [4.78, 5) is 0. The Morgan fingerprint density at radius 2 is 0.266 bits per heavy atom. The van der Waals surface area contributed by atoms with Crippen molar-refractivity contribution >= 4 is 97.0 Å². The van der Waals surface area contributed by atoms with Crippen LogP contribution in [-0.2, 0) is 32.5 Å². The van der Waals surface area contributed by atoms with E-state index in [9.17, 15) is 0 Å². The van der Waals surface area contributed by atoms with Crippen molar-refractivity contribution in [2.45, 2.75) is 123 Å². The second-order valence-electron chi connectivity index (χ2n) is 43.4. The molecule has 139 heavy (non-hydrogen) atoms. The zero-order valence-electron chi connectivity index (χ0n) is 80.1. The maximum Gasteiger partial charge on any atom is 0.0165 e. The third kappa shape index (κ3) is 11.2. The van der Waals surface area contributed by atoms with Gasteiger partial charge in [0.2, 0.25) is 0 Å². The highest BCUT2D eigenvalue weighted by atomic mass is 14.6. The van der Waals surface area contributed by atoms with Gasteiger partial charge in [0.25, 0.3) is 0 Å². The minimum Gasteiger partial charge on any atom is -0.0776 e. The summed E-state index contributed by atoms with van der Waals surface area (Å²) < 4.78 is 0. The first-order valence-electron chi connectivity index (χ1n) is 49.6. The number of rotatable bonds is 6. The Morgan fingerprint density at radius 3 is 0.468 bits per heavy atom. The fraction of sp³-hybridized carbons (Fsp3) is 0.137. The van der Waals surface area contributed by atoms with Crippen molar-refractivity contribution in [1.29, 1.82) is 0 Å². The third-order valence-electron chi connectivity index (χ3n) is 34.1. The van der Waals surface area contributed by atoms with Gasteiger partial charge in [-0.2, -0.15) is 0 Å². The quantitative estimate of drug-likeness (QED) is 0.146. The van der Waals surface area contributed by atoms with E-state index in [2.05, 4.69) is 483 Å². The summed E-state index contributed by atoms with van der Waals surface area (Å²) in [5.41, 5.74) is 47.5. The Labute approximate surface area is 814 Å². The molecule has 0 spiro atoms. The van der Waals surface area contributed by atoms with Crippen LogP contribution in [0.25, 0.3) is 230 Å². The molecule has 23 aromatic rings. The van der Waals surface area contributed by atoms with Crippen LogP contribution < -0.4 is 0 Å². The summed E-state index contributed by atoms with van der Waals surface area (Å²) in [5.74, 6) is 0. The molecule has 0 saturated heterocycles. The first-order valence-corrected chi connectivity index (χ1v) is 49.6. The molecule has 0 unspecified atom stereocenters. The normalized spacial score (nSPS) is 15.2. The van der Waals surface area contributed by atoms with Gasteiger partial charge in [0, 0.05) is 32.5 Å². The monoisotopic (exact) mass is 1770 g/mol. The molecule has 0 amide bonds. The van der Waals surface area contributed by atoms with Crippen molar-refractivity contribution in [1.82, 2.24) is 0 Å². The van der Waals surface area contributed by atoms with Crippen LogP contribution in [0.15, 0.2) is 400 Å². The Bertz CT molecular complexity index is 8500. The van der Waals surface area contributed by atoms with Gasteiger partial charge in [-0.3, -0.25) is 0 Å². The molecule has 0 fully saturated rings. The molecule has 0 heteroatoms. The summed E-state index contributed by atoms with van der Waals surface area (Å²) >= 11 is 0. The molecule has 0 heterocycles. The van der Waals surface area contributed by atoms with Gasteiger partial charge in [0.15, 0.2) is 0 Å². The number of hydrogen-bond donors (Lipinski definition) is 0. The van der Waals surface area contributed by atoms with Crippen LogP contribution >= 0.6 is 0 Å². The fourth-order valence-corrected chi connectivity index (χ4v) is 27.9. The van der Waals surface area contributed by atoms with E-state index in [1.165, 1.54) is 297 Å². The average molecular weight is 1780 g/mol. The number of fused-ring (bicyclic) bond motifs is 42. The summed E-state index contributed by atoms with van der Waals surface area (Å²) in [5, 5.41) is 23.9. The predicted molar refractivity (Wildman–Crippen MR) is 595 cm³/mol. The maximum absolute atomic E-state index is 2.62. The summed E-state index contributed by atoms with van der Waals surface area (Å²) in [6, 6.07) is 152. The second-order valence-corrected chi connectivity index (χ2v) is 43.4. The number of benzene rings is 23. The van der Waals surface area contributed by atoms with Crippen LogP contribution in [0.4, 0.5) is 0 Å². The van der Waals surface area contributed by atoms with Gasteiger partial charge in [-0.1, -0.05) is 436 Å². The molecule has 6 aliphatic carbocycles. The van der Waals surface area contributed by atoms with Crippen molar-refractivity contribution in [2.75, 3.05) is 0 Å². The van der Waals surface area contributed by atoms with Gasteiger partial charge < -0.3 is 0 Å². The molecule has 0 atom stereocenters. The standard InChI is InChI=1S/C69H48.C69H54.CH4/c1-67(2)58-34-52-46-28-16-10-22-40(46)37-19-7-13-25-43(37)49(52)31-55(58)61-64(67)62-56-32-50-44-26-14-8-20-38(44)41-23-11-17-29-47(41)53(50)35-59(56)68(3,4)66(62)63-57-33-51-45-27-15-9-21-39(45)42-24-12-18-30-48(42)54(51)36-60(57)69(5,6)65(61)63;1-67(2)58-37-34-46(52-31-19-16-28-49(52)43-22-10-7-11-23-43)40-55(58)61-64(67)62-56-41-47(53-32-20-17-29-50(53)44-24-12-8-13-25-44)35-38-59(56)68(3,4)66(62)63-57-42-48(36-39-60(57)69(5,6)65(61)63)54-33-21-18-30-51(54)45-26-14-9-15-27-45;/h7-36H,1-6H3;7-42H,1-6H3;1H4. The molecule has 23 aromatic carbocycles. The zero-order valence-corrected chi connectivity index (χ0v) is 80.1. The summed E-state index contributed by atoms with van der Waals surface area (Å²) in [7, 11) is 0. The van der Waals surface area contributed by atoms with Crippen molar-refractivity contribution in [3.8, 4) is 134 Å². The molecule has 0 saturated carbocycles. The Kier molecular flexibility index (Phi) is 17.4. The van der Waals surface area contributed by atoms with E-state index in [-0.39, 0.29) is 39.9 Å². The highest BCUT2D eigenvalue weighted by molar-refractivity contribution is 6.30. The molecule has 662 valence electrons. The van der Waals surface area contributed by atoms with Crippen LogP contribution in [-0.4, -0.2) is 0 Å². The minimum absolute atomic E-state index is 0. The van der Waals surface area contributed by atoms with E-state index in [4.69, 9.17) is 0 Å². The molecule has 29 rings (SSSR count). The van der Waals surface area contributed by atoms with Crippen LogP contribution in [0.1, 0.15) is 157 Å². The Hall–Kier alpha value is -15.6. The topological polar surface area (TPSA) is 0 Å². The predicted octanol–water partition coefficient (Wildman–Crippen LogP) is 38.2. The fourth-order valence-electron chi connectivity index (χ4n) is 27.9. The molecular weight excluding hydrogens is 1670 g/mol. The van der Waals surface area contributed by atoms with Crippen LogP contribution in [0.5, 0.6) is 0 Å². The van der Waals surface area contributed by atoms with E-state index in [0.717, 1.165) is 0 Å². The SMILES string of the molecule is C.CC1(C)c2cc3c4ccccc4c4ccccc4c3cc2-c2c1c1c(c3c2C(C)(C)c2cc4c5ccccc5c5ccccc5c4cc2-3)C(C)(C)c2cc3c4ccccc4c4ccccc4c3cc2-1.CC1(C)c2ccc(-c3ccccc3-c3ccccc3)cc2-c2c1c1c(c3c2C(C)(C)c2ccc(-c4ccccc4-c4ccccc4)cc2-3)C(C)(C)c2ccc(-c3ccccc3-c3ccccc3)cc2-1. The van der Waals surface area contributed by atoms with Crippen molar-refractivity contribution in [3.05, 3.63) is 467 Å². The highest BCUT2D eigenvalue weighted by Crippen LogP contribution is 2.72. The molecule has 0 aliphatic heterocycles. The number of hydrogen-bond acceptors (Lipinski definition) is 0. The molecule has 0 radical (unpaired) electrons. The van der Waals surface area contributed by atoms with Crippen LogP contribution in [0.3, 0.4) is 0 Å². The lowest BCUT2D eigenvalue weighted by molar-refractivity contribution is 0.635. The van der Waals surface area contributed by atoms with Gasteiger partial charge >= 0.3 is 0 Å². The van der Waals surface area contributed by atoms with E-state index in [1.54, 1.807) is 0 Å². The Morgan fingerprint density at radius 1 is 0.115 bits per heavy atom. The first kappa shape index (κ1) is 82.8. The van der Waals surface area contributed by atoms with Gasteiger partial charge in [0.05, 0.1) is 0 Å². The lowest BCUT2D eigenvalue weighted by Crippen LogP contribution is -2.22. The minimum atomic E-state index is -0.301.